The maximum absolute atomic E-state index is 13.2. The molecule has 2 aromatic rings. The lowest BCUT2D eigenvalue weighted by Crippen LogP contribution is -3.00. The van der Waals surface area contributed by atoms with E-state index >= 15 is 0 Å². The second-order valence-corrected chi connectivity index (χ2v) is 8.81. The standard InChI is InChI=1S/C24H30NO6.HI/c1-25(2)7-6-16-10-22-24(31-14-30-22)19(13-27)23(16)20(25)11-18(28)9-17-8-15(12-26)4-5-21(17)29-3;/h4-5,8,10,20,26-27H,6-7,9,11-14H2,1-3H3;1H/q+1;/p-1. The molecular formula is C24H30INO6. The first-order chi connectivity index (χ1) is 14.9. The highest BCUT2D eigenvalue weighted by molar-refractivity contribution is 5.82. The summed E-state index contributed by atoms with van der Waals surface area (Å²) in [6.07, 6.45) is 1.41. The second kappa shape index (κ2) is 9.94. The van der Waals surface area contributed by atoms with Crippen LogP contribution in [0.3, 0.4) is 0 Å². The van der Waals surface area contributed by atoms with Crippen molar-refractivity contribution in [1.82, 2.24) is 0 Å². The number of carbonyl (C=O) groups excluding carboxylic acids is 1. The summed E-state index contributed by atoms with van der Waals surface area (Å²) in [6, 6.07) is 7.30. The molecule has 2 aliphatic heterocycles. The molecule has 2 N–H and O–H groups in total. The molecule has 0 saturated heterocycles. The Hall–Kier alpha value is -1.88. The van der Waals surface area contributed by atoms with Gasteiger partial charge < -0.3 is 52.9 Å². The summed E-state index contributed by atoms with van der Waals surface area (Å²) in [5, 5.41) is 19.6. The SMILES string of the molecule is COc1ccc(CO)cc1CC(=O)CC1c2c(cc3c(c2CO)OCO3)CC[N+]1(C)C.[I-]. The first-order valence-corrected chi connectivity index (χ1v) is 10.5. The fraction of sp³-hybridized carbons (Fsp3) is 0.458. The summed E-state index contributed by atoms with van der Waals surface area (Å²) >= 11 is 0. The highest BCUT2D eigenvalue weighted by Crippen LogP contribution is 2.47. The third-order valence-electron chi connectivity index (χ3n) is 6.52. The molecule has 32 heavy (non-hydrogen) atoms. The quantitative estimate of drug-likeness (QED) is 0.347. The number of ether oxygens (including phenoxy) is 3. The summed E-state index contributed by atoms with van der Waals surface area (Å²) in [5.74, 6) is 1.99. The minimum Gasteiger partial charge on any atom is -1.00 e. The zero-order chi connectivity index (χ0) is 22.2. The highest BCUT2D eigenvalue weighted by Gasteiger charge is 2.41. The number of methoxy groups -OCH3 is 1. The van der Waals surface area contributed by atoms with Gasteiger partial charge in [0.2, 0.25) is 6.79 Å². The van der Waals surface area contributed by atoms with Gasteiger partial charge in [0.05, 0.1) is 47.4 Å². The molecule has 174 valence electrons. The molecule has 0 radical (unpaired) electrons. The van der Waals surface area contributed by atoms with Gasteiger partial charge in [-0.15, -0.1) is 0 Å². The van der Waals surface area contributed by atoms with E-state index in [9.17, 15) is 15.0 Å². The minimum atomic E-state index is -0.161. The van der Waals surface area contributed by atoms with Crippen molar-refractivity contribution in [2.45, 2.75) is 38.5 Å². The van der Waals surface area contributed by atoms with Crippen LogP contribution in [0.15, 0.2) is 24.3 Å². The number of rotatable bonds is 7. The number of halogens is 1. The molecule has 4 rings (SSSR count). The molecule has 2 aromatic carbocycles. The van der Waals surface area contributed by atoms with E-state index in [-0.39, 0.29) is 62.2 Å². The van der Waals surface area contributed by atoms with Gasteiger partial charge >= 0.3 is 0 Å². The minimum absolute atomic E-state index is 0. The first kappa shape index (κ1) is 24.8. The summed E-state index contributed by atoms with van der Waals surface area (Å²) in [7, 11) is 5.83. The number of hydrogen-bond donors (Lipinski definition) is 2. The van der Waals surface area contributed by atoms with Gasteiger partial charge in [-0.3, -0.25) is 4.79 Å². The van der Waals surface area contributed by atoms with Crippen LogP contribution < -0.4 is 38.2 Å². The molecule has 0 fully saturated rings. The van der Waals surface area contributed by atoms with E-state index in [4.69, 9.17) is 14.2 Å². The maximum Gasteiger partial charge on any atom is 0.231 e. The average Bonchev–Trinajstić information content (AvgIpc) is 3.22. The number of carbonyl (C=O) groups is 1. The first-order valence-electron chi connectivity index (χ1n) is 10.5. The lowest BCUT2D eigenvalue weighted by molar-refractivity contribution is -0.922. The highest BCUT2D eigenvalue weighted by atomic mass is 127. The van der Waals surface area contributed by atoms with Crippen LogP contribution in [0.1, 0.15) is 40.3 Å². The van der Waals surface area contributed by atoms with Crippen LogP contribution in [-0.2, 0) is 30.8 Å². The van der Waals surface area contributed by atoms with Crippen molar-refractivity contribution >= 4 is 5.78 Å². The van der Waals surface area contributed by atoms with E-state index in [1.54, 1.807) is 19.2 Å². The van der Waals surface area contributed by atoms with Gasteiger partial charge in [0.1, 0.15) is 17.6 Å². The van der Waals surface area contributed by atoms with Crippen molar-refractivity contribution in [2.24, 2.45) is 0 Å². The molecule has 2 aliphatic rings. The van der Waals surface area contributed by atoms with Crippen LogP contribution in [-0.4, -0.2) is 55.0 Å². The van der Waals surface area contributed by atoms with Crippen LogP contribution in [0.4, 0.5) is 0 Å². The van der Waals surface area contributed by atoms with Crippen molar-refractivity contribution < 1.29 is 57.7 Å². The second-order valence-electron chi connectivity index (χ2n) is 8.81. The topological polar surface area (TPSA) is 85.2 Å². The number of Topliss-reactive ketones (excluding diaryl/α,β-unsaturated/α-hetero) is 1. The van der Waals surface area contributed by atoms with Crippen LogP contribution >= 0.6 is 0 Å². The Morgan fingerprint density at radius 1 is 1.19 bits per heavy atom. The van der Waals surface area contributed by atoms with Crippen LogP contribution in [0.2, 0.25) is 0 Å². The predicted molar refractivity (Wildman–Crippen MR) is 114 cm³/mol. The molecular weight excluding hydrogens is 525 g/mol. The van der Waals surface area contributed by atoms with E-state index in [1.807, 2.05) is 12.1 Å². The fourth-order valence-electron chi connectivity index (χ4n) is 4.79. The Balaban J connectivity index is 0.00000289. The van der Waals surface area contributed by atoms with Crippen molar-refractivity contribution in [3.05, 3.63) is 52.1 Å². The number of aliphatic hydroxyl groups excluding tert-OH is 2. The maximum atomic E-state index is 13.2. The molecule has 0 amide bonds. The third kappa shape index (κ3) is 4.59. The molecule has 0 aliphatic carbocycles. The van der Waals surface area contributed by atoms with Crippen molar-refractivity contribution in [3.8, 4) is 17.2 Å². The lowest BCUT2D eigenvalue weighted by atomic mass is 9.83. The molecule has 8 heteroatoms. The lowest BCUT2D eigenvalue weighted by Gasteiger charge is -2.43. The molecule has 1 atom stereocenters. The third-order valence-corrected chi connectivity index (χ3v) is 6.52. The van der Waals surface area contributed by atoms with E-state index < -0.39 is 0 Å². The molecule has 1 unspecified atom stereocenters. The van der Waals surface area contributed by atoms with Crippen molar-refractivity contribution in [2.75, 3.05) is 34.5 Å². The Morgan fingerprint density at radius 2 is 1.97 bits per heavy atom. The number of fused-ring (bicyclic) bond motifs is 2. The summed E-state index contributed by atoms with van der Waals surface area (Å²) in [5.41, 5.74) is 4.37. The number of aliphatic hydroxyl groups is 2. The molecule has 0 aromatic heterocycles. The number of benzene rings is 2. The van der Waals surface area contributed by atoms with E-state index in [1.165, 1.54) is 0 Å². The van der Waals surface area contributed by atoms with Crippen LogP contribution in [0.5, 0.6) is 17.2 Å². The Bertz CT molecular complexity index is 1010. The Kier molecular flexibility index (Phi) is 7.69. The van der Waals surface area contributed by atoms with Gasteiger partial charge in [0.25, 0.3) is 0 Å². The van der Waals surface area contributed by atoms with Gasteiger partial charge in [-0.25, -0.2) is 0 Å². The predicted octanol–water partition coefficient (Wildman–Crippen LogP) is -0.712. The molecule has 0 saturated carbocycles. The van der Waals surface area contributed by atoms with Crippen molar-refractivity contribution in [3.63, 3.8) is 0 Å². The zero-order valence-corrected chi connectivity index (χ0v) is 20.8. The molecule has 7 nitrogen and oxygen atoms in total. The largest absolute Gasteiger partial charge is 1.00 e. The van der Waals surface area contributed by atoms with E-state index in [0.29, 0.717) is 28.2 Å². The summed E-state index contributed by atoms with van der Waals surface area (Å²) < 4.78 is 17.3. The average molecular weight is 555 g/mol. The van der Waals surface area contributed by atoms with Gasteiger partial charge in [-0.05, 0) is 29.3 Å². The molecule has 0 bridgehead atoms. The van der Waals surface area contributed by atoms with E-state index in [0.717, 1.165) is 40.8 Å². The Labute approximate surface area is 205 Å². The van der Waals surface area contributed by atoms with Crippen LogP contribution in [0.25, 0.3) is 0 Å². The van der Waals surface area contributed by atoms with Gasteiger partial charge in [0, 0.05) is 29.5 Å². The Morgan fingerprint density at radius 3 is 2.66 bits per heavy atom. The van der Waals surface area contributed by atoms with E-state index in [2.05, 4.69) is 14.1 Å². The monoisotopic (exact) mass is 555 g/mol. The summed E-state index contributed by atoms with van der Waals surface area (Å²) in [4.78, 5) is 13.2. The fourth-order valence-corrected chi connectivity index (χ4v) is 4.79. The van der Waals surface area contributed by atoms with Gasteiger partial charge in [-0.2, -0.15) is 0 Å². The number of quaternary nitrogens is 1. The number of hydrogen-bond acceptors (Lipinski definition) is 6. The van der Waals surface area contributed by atoms with Gasteiger partial charge in [-0.1, -0.05) is 6.07 Å². The van der Waals surface area contributed by atoms with Crippen LogP contribution in [0, 0.1) is 0 Å². The number of ketones is 1. The molecule has 2 heterocycles. The number of nitrogens with zero attached hydrogens (tertiary/aromatic N) is 1. The zero-order valence-electron chi connectivity index (χ0n) is 18.7. The van der Waals surface area contributed by atoms with Gasteiger partial charge in [0.15, 0.2) is 11.5 Å². The van der Waals surface area contributed by atoms with Crippen molar-refractivity contribution in [1.29, 1.82) is 0 Å². The smallest absolute Gasteiger partial charge is 0.231 e. The normalized spacial score (nSPS) is 18.0. The summed E-state index contributed by atoms with van der Waals surface area (Å²) in [6.45, 7) is 0.789. The number of likely N-dealkylation sites (N-methyl/N-ethyl adjacent to an activating group) is 1. The molecule has 0 spiro atoms.